The van der Waals surface area contributed by atoms with Gasteiger partial charge < -0.3 is 5.11 Å². The highest BCUT2D eigenvalue weighted by atomic mass is 79.9. The molecule has 0 fully saturated rings. The first-order valence-corrected chi connectivity index (χ1v) is 8.85. The van der Waals surface area contributed by atoms with Gasteiger partial charge in [0.1, 0.15) is 11.4 Å². The lowest BCUT2D eigenvalue weighted by Gasteiger charge is -2.06. The average molecular weight is 440 g/mol. The normalized spacial score (nSPS) is 11.5. The number of aromatic nitrogens is 1. The van der Waals surface area contributed by atoms with Crippen molar-refractivity contribution in [1.82, 2.24) is 10.4 Å². The van der Waals surface area contributed by atoms with Gasteiger partial charge in [-0.3, -0.25) is 20.5 Å². The van der Waals surface area contributed by atoms with Crippen molar-refractivity contribution in [3.05, 3.63) is 92.7 Å². The summed E-state index contributed by atoms with van der Waals surface area (Å²) in [4.78, 5) is 19.2. The number of benzene rings is 2. The Hall–Kier alpha value is -3.59. The maximum Gasteiger partial charge on any atom is 0.271 e. The Morgan fingerprint density at radius 1 is 1.18 bits per heavy atom. The molecule has 0 spiro atoms. The van der Waals surface area contributed by atoms with E-state index in [1.54, 1.807) is 18.3 Å². The van der Waals surface area contributed by atoms with Crippen LogP contribution in [0.25, 0.3) is 0 Å². The van der Waals surface area contributed by atoms with Gasteiger partial charge in [-0.25, -0.2) is 4.99 Å². The van der Waals surface area contributed by atoms with Crippen molar-refractivity contribution >= 4 is 39.4 Å². The van der Waals surface area contributed by atoms with Crippen LogP contribution in [-0.4, -0.2) is 27.1 Å². The molecule has 0 radical (unpaired) electrons. The van der Waals surface area contributed by atoms with E-state index in [1.165, 1.54) is 18.3 Å². The summed E-state index contributed by atoms with van der Waals surface area (Å²) >= 11 is 3.10. The topological polar surface area (TPSA) is 113 Å². The third-order valence-corrected chi connectivity index (χ3v) is 4.17. The standard InChI is InChI=1S/C19H14BrN5O3/c20-16-11-15(25(27)28)10-13(18(16)26)12-22-24-19(17-8-4-5-9-21-17)23-14-6-2-1-3-7-14/h1-12,26H,(H,23,24)/b22-12-. The highest BCUT2D eigenvalue weighted by Gasteiger charge is 2.13. The molecule has 0 aliphatic heterocycles. The Labute approximate surface area is 168 Å². The number of nitrogens with one attached hydrogen (secondary N) is 1. The predicted octanol–water partition coefficient (Wildman–Crippen LogP) is 4.16. The van der Waals surface area contributed by atoms with Crippen molar-refractivity contribution in [3.8, 4) is 5.75 Å². The Kier molecular flexibility index (Phi) is 6.07. The molecule has 8 nitrogen and oxygen atoms in total. The van der Waals surface area contributed by atoms with Gasteiger partial charge in [0.15, 0.2) is 5.84 Å². The summed E-state index contributed by atoms with van der Waals surface area (Å²) < 4.78 is 0.200. The summed E-state index contributed by atoms with van der Waals surface area (Å²) in [5.41, 5.74) is 4.06. The van der Waals surface area contributed by atoms with E-state index in [0.717, 1.165) is 0 Å². The van der Waals surface area contributed by atoms with Crippen LogP contribution in [0.3, 0.4) is 0 Å². The largest absolute Gasteiger partial charge is 0.506 e. The van der Waals surface area contributed by atoms with Gasteiger partial charge in [-0.15, -0.1) is 0 Å². The SMILES string of the molecule is O=[N+]([O-])c1cc(Br)c(O)c(/C=N\NC(=Nc2ccccc2)c2ccccn2)c1. The van der Waals surface area contributed by atoms with E-state index in [0.29, 0.717) is 17.2 Å². The lowest BCUT2D eigenvalue weighted by atomic mass is 10.2. The molecule has 9 heteroatoms. The maximum atomic E-state index is 11.0. The molecule has 0 saturated carbocycles. The molecule has 0 amide bonds. The number of rotatable bonds is 5. The molecule has 3 aromatic rings. The number of phenolic OH excluding ortho intramolecular Hbond substituents is 1. The van der Waals surface area contributed by atoms with Crippen LogP contribution in [-0.2, 0) is 0 Å². The van der Waals surface area contributed by atoms with Crippen LogP contribution in [0, 0.1) is 10.1 Å². The zero-order valence-corrected chi connectivity index (χ0v) is 15.9. The van der Waals surface area contributed by atoms with Crippen molar-refractivity contribution in [2.75, 3.05) is 0 Å². The lowest BCUT2D eigenvalue weighted by molar-refractivity contribution is -0.385. The Bertz CT molecular complexity index is 1040. The number of pyridine rings is 1. The van der Waals surface area contributed by atoms with E-state index in [-0.39, 0.29) is 21.5 Å². The van der Waals surface area contributed by atoms with Crippen LogP contribution >= 0.6 is 15.9 Å². The first kappa shape index (κ1) is 19.2. The highest BCUT2D eigenvalue weighted by molar-refractivity contribution is 9.10. The van der Waals surface area contributed by atoms with E-state index in [9.17, 15) is 15.2 Å². The Balaban J connectivity index is 1.91. The van der Waals surface area contributed by atoms with Crippen LogP contribution in [0.1, 0.15) is 11.3 Å². The molecule has 28 heavy (non-hydrogen) atoms. The highest BCUT2D eigenvalue weighted by Crippen LogP contribution is 2.31. The number of aliphatic imine (C=N–C) groups is 1. The molecule has 0 aliphatic carbocycles. The maximum absolute atomic E-state index is 11.0. The molecule has 0 saturated heterocycles. The third kappa shape index (κ3) is 4.77. The monoisotopic (exact) mass is 439 g/mol. The van der Waals surface area contributed by atoms with E-state index in [4.69, 9.17) is 0 Å². The first-order valence-electron chi connectivity index (χ1n) is 8.05. The number of halogens is 1. The van der Waals surface area contributed by atoms with Crippen LogP contribution in [0.15, 0.2) is 81.4 Å². The molecule has 1 aromatic heterocycles. The van der Waals surface area contributed by atoms with Gasteiger partial charge >= 0.3 is 0 Å². The van der Waals surface area contributed by atoms with E-state index in [1.807, 2.05) is 36.4 Å². The van der Waals surface area contributed by atoms with Gasteiger partial charge in [0.05, 0.1) is 21.3 Å². The predicted molar refractivity (Wildman–Crippen MR) is 110 cm³/mol. The molecule has 0 aliphatic rings. The second-order valence-electron chi connectivity index (χ2n) is 5.50. The molecular formula is C19H14BrN5O3. The summed E-state index contributed by atoms with van der Waals surface area (Å²) in [6.45, 7) is 0. The number of hydrazone groups is 1. The van der Waals surface area contributed by atoms with Crippen LogP contribution in [0.4, 0.5) is 11.4 Å². The minimum Gasteiger partial charge on any atom is -0.506 e. The summed E-state index contributed by atoms with van der Waals surface area (Å²) in [6, 6.07) is 17.1. The summed E-state index contributed by atoms with van der Waals surface area (Å²) in [5, 5.41) is 25.2. The molecule has 2 aromatic carbocycles. The van der Waals surface area contributed by atoms with Gasteiger partial charge in [0.25, 0.3) is 5.69 Å². The number of nitro groups is 1. The molecule has 2 N–H and O–H groups in total. The molecule has 0 atom stereocenters. The molecule has 140 valence electrons. The minimum atomic E-state index is -0.550. The smallest absolute Gasteiger partial charge is 0.271 e. The fourth-order valence-corrected chi connectivity index (χ4v) is 2.71. The van der Waals surface area contributed by atoms with E-state index in [2.05, 4.69) is 36.4 Å². The Morgan fingerprint density at radius 3 is 2.61 bits per heavy atom. The van der Waals surface area contributed by atoms with Crippen molar-refractivity contribution in [2.24, 2.45) is 10.1 Å². The number of amidine groups is 1. The average Bonchev–Trinajstić information content (AvgIpc) is 2.71. The van der Waals surface area contributed by atoms with Crippen molar-refractivity contribution in [1.29, 1.82) is 0 Å². The quantitative estimate of drug-likeness (QED) is 0.268. The molecule has 0 unspecified atom stereocenters. The number of hydrogen-bond donors (Lipinski definition) is 2. The number of hydrogen-bond acceptors (Lipinski definition) is 6. The fourth-order valence-electron chi connectivity index (χ4n) is 2.25. The second kappa shape index (κ2) is 8.87. The van der Waals surface area contributed by atoms with Crippen molar-refractivity contribution in [2.45, 2.75) is 0 Å². The van der Waals surface area contributed by atoms with Crippen LogP contribution in [0.5, 0.6) is 5.75 Å². The van der Waals surface area contributed by atoms with E-state index < -0.39 is 4.92 Å². The zero-order chi connectivity index (χ0) is 19.9. The van der Waals surface area contributed by atoms with Crippen LogP contribution in [0.2, 0.25) is 0 Å². The Morgan fingerprint density at radius 2 is 1.93 bits per heavy atom. The molecular weight excluding hydrogens is 426 g/mol. The van der Waals surface area contributed by atoms with Crippen molar-refractivity contribution in [3.63, 3.8) is 0 Å². The molecule has 0 bridgehead atoms. The van der Waals surface area contributed by atoms with Gasteiger partial charge in [-0.05, 0) is 40.2 Å². The van der Waals surface area contributed by atoms with Crippen molar-refractivity contribution < 1.29 is 10.0 Å². The zero-order valence-electron chi connectivity index (χ0n) is 14.4. The number of aromatic hydroxyl groups is 1. The van der Waals surface area contributed by atoms with E-state index >= 15 is 0 Å². The number of para-hydroxylation sites is 1. The summed E-state index contributed by atoms with van der Waals surface area (Å²) in [7, 11) is 0. The van der Waals surface area contributed by atoms with Gasteiger partial charge in [-0.2, -0.15) is 5.10 Å². The van der Waals surface area contributed by atoms with Gasteiger partial charge in [0, 0.05) is 23.9 Å². The van der Waals surface area contributed by atoms with Crippen LogP contribution < -0.4 is 5.43 Å². The number of nitrogens with zero attached hydrogens (tertiary/aromatic N) is 4. The number of phenols is 1. The first-order chi connectivity index (χ1) is 13.5. The lowest BCUT2D eigenvalue weighted by Crippen LogP contribution is -2.20. The molecule has 1 heterocycles. The summed E-state index contributed by atoms with van der Waals surface area (Å²) in [5.74, 6) is 0.225. The van der Waals surface area contributed by atoms with Gasteiger partial charge in [0.2, 0.25) is 0 Å². The third-order valence-electron chi connectivity index (χ3n) is 3.57. The number of nitro benzene ring substituents is 1. The minimum absolute atomic E-state index is 0.157. The number of non-ortho nitro benzene ring substituents is 1. The molecule has 3 rings (SSSR count). The summed E-state index contributed by atoms with van der Waals surface area (Å²) in [6.07, 6.45) is 2.90. The van der Waals surface area contributed by atoms with Gasteiger partial charge in [-0.1, -0.05) is 24.3 Å². The second-order valence-corrected chi connectivity index (χ2v) is 6.36. The fraction of sp³-hybridized carbons (Fsp3) is 0.